The van der Waals surface area contributed by atoms with Crippen molar-refractivity contribution >= 4 is 22.9 Å². The number of carbonyl (C=O) groups is 1. The molecule has 0 spiro atoms. The Hall–Kier alpha value is -3.99. The number of alkyl halides is 5. The van der Waals surface area contributed by atoms with Crippen LogP contribution in [0.15, 0.2) is 72.8 Å². The Balaban J connectivity index is 1.14. The summed E-state index contributed by atoms with van der Waals surface area (Å²) < 4.78 is 68.6. The van der Waals surface area contributed by atoms with E-state index in [1.54, 1.807) is 24.3 Å². The molecule has 0 unspecified atom stereocenters. The summed E-state index contributed by atoms with van der Waals surface area (Å²) in [6, 6.07) is 22.5. The number of piperazine rings is 1. The Morgan fingerprint density at radius 3 is 2.05 bits per heavy atom. The molecule has 1 N–H and O–H groups in total. The average molecular weight is 612 g/mol. The number of anilines is 1. The number of unbranched alkanes of at least 4 members (excludes halogenated alkanes) is 1. The van der Waals surface area contributed by atoms with Gasteiger partial charge >= 0.3 is 12.1 Å². The molecule has 2 heterocycles. The molecule has 1 saturated heterocycles. The average Bonchev–Trinajstić information content (AvgIpc) is 3.51. The second kappa shape index (κ2) is 11.5. The SMILES string of the molecule is Cn1c(N2CCN(CCCCC3(C(=O)NCC(F)(F)C(F)(F)F)c4ccccc4-c4ccccc43)CC2)nc2ccccc21. The first kappa shape index (κ1) is 30.1. The van der Waals surface area contributed by atoms with Crippen LogP contribution in [-0.4, -0.2) is 71.7 Å². The van der Waals surface area contributed by atoms with E-state index in [0.29, 0.717) is 17.5 Å². The maximum absolute atomic E-state index is 13.9. The molecule has 6 nitrogen and oxygen atoms in total. The maximum Gasteiger partial charge on any atom is 0.455 e. The van der Waals surface area contributed by atoms with Crippen molar-refractivity contribution in [3.63, 3.8) is 0 Å². The number of nitrogens with zero attached hydrogens (tertiary/aromatic N) is 4. The van der Waals surface area contributed by atoms with E-state index in [2.05, 4.69) is 20.4 Å². The van der Waals surface area contributed by atoms with E-state index in [1.807, 2.05) is 54.8 Å². The number of fused-ring (bicyclic) bond motifs is 4. The molecule has 0 saturated carbocycles. The van der Waals surface area contributed by atoms with Crippen LogP contribution in [0.2, 0.25) is 0 Å². The minimum atomic E-state index is -5.76. The van der Waals surface area contributed by atoms with Crippen LogP contribution < -0.4 is 10.2 Å². The zero-order valence-electron chi connectivity index (χ0n) is 24.4. The zero-order chi connectivity index (χ0) is 31.1. The van der Waals surface area contributed by atoms with Crippen molar-refractivity contribution in [3.05, 3.63) is 83.9 Å². The molecule has 232 valence electrons. The minimum Gasteiger partial charge on any atom is -0.349 e. The van der Waals surface area contributed by atoms with Crippen molar-refractivity contribution in [2.45, 2.75) is 36.8 Å². The third-order valence-corrected chi connectivity index (χ3v) is 9.03. The summed E-state index contributed by atoms with van der Waals surface area (Å²) in [5, 5.41) is 1.99. The smallest absolute Gasteiger partial charge is 0.349 e. The molecule has 2 aliphatic rings. The number of hydrogen-bond donors (Lipinski definition) is 1. The summed E-state index contributed by atoms with van der Waals surface area (Å²) in [5.41, 5.74) is 3.52. The number of nitrogens with one attached hydrogen (secondary N) is 1. The normalized spacial score (nSPS) is 16.6. The van der Waals surface area contributed by atoms with Gasteiger partial charge in [0.15, 0.2) is 0 Å². The lowest BCUT2D eigenvalue weighted by atomic mass is 9.73. The lowest BCUT2D eigenvalue weighted by Crippen LogP contribution is -2.52. The number of rotatable bonds is 9. The number of para-hydroxylation sites is 2. The van der Waals surface area contributed by atoms with Crippen LogP contribution in [0.5, 0.6) is 0 Å². The molecule has 4 aromatic rings. The maximum atomic E-state index is 13.9. The number of aromatic nitrogens is 2. The molecule has 1 aliphatic carbocycles. The first-order valence-corrected chi connectivity index (χ1v) is 14.8. The monoisotopic (exact) mass is 611 g/mol. The van der Waals surface area contributed by atoms with Gasteiger partial charge in [-0.25, -0.2) is 4.98 Å². The number of carbonyl (C=O) groups excluding carboxylic acids is 1. The third kappa shape index (κ3) is 5.21. The van der Waals surface area contributed by atoms with Crippen molar-refractivity contribution < 1.29 is 26.7 Å². The number of halogens is 5. The zero-order valence-corrected chi connectivity index (χ0v) is 24.4. The first-order chi connectivity index (χ1) is 21.0. The van der Waals surface area contributed by atoms with Gasteiger partial charge in [0.25, 0.3) is 0 Å². The molecule has 6 rings (SSSR count). The molecule has 0 bridgehead atoms. The number of imidazole rings is 1. The second-order valence-electron chi connectivity index (χ2n) is 11.6. The van der Waals surface area contributed by atoms with Crippen LogP contribution in [-0.2, 0) is 17.3 Å². The van der Waals surface area contributed by atoms with Gasteiger partial charge in [-0.15, -0.1) is 0 Å². The minimum absolute atomic E-state index is 0.282. The van der Waals surface area contributed by atoms with E-state index < -0.39 is 30.0 Å². The number of benzene rings is 3. The van der Waals surface area contributed by atoms with Crippen molar-refractivity contribution in [1.29, 1.82) is 0 Å². The molecule has 1 fully saturated rings. The Kier molecular flexibility index (Phi) is 7.85. The van der Waals surface area contributed by atoms with E-state index >= 15 is 0 Å². The molecule has 44 heavy (non-hydrogen) atoms. The van der Waals surface area contributed by atoms with Crippen molar-refractivity contribution in [2.24, 2.45) is 7.05 Å². The van der Waals surface area contributed by atoms with Gasteiger partial charge in [0.05, 0.1) is 17.6 Å². The quantitative estimate of drug-likeness (QED) is 0.182. The molecular formula is C33H34F5N5O. The van der Waals surface area contributed by atoms with Crippen molar-refractivity contribution in [3.8, 4) is 11.1 Å². The van der Waals surface area contributed by atoms with Crippen molar-refractivity contribution in [2.75, 3.05) is 44.2 Å². The van der Waals surface area contributed by atoms with E-state index in [9.17, 15) is 26.7 Å². The van der Waals surface area contributed by atoms with Gasteiger partial charge in [-0.2, -0.15) is 22.0 Å². The predicted octanol–water partition coefficient (Wildman–Crippen LogP) is 6.15. The second-order valence-corrected chi connectivity index (χ2v) is 11.6. The molecule has 0 radical (unpaired) electrons. The standard InChI is InChI=1S/C33H34F5N5O/c1-41-28-15-7-6-14-27(28)40-30(41)43-20-18-42(19-21-43)17-9-8-16-31(29(44)39-22-32(34,35)33(36,37)38)25-12-4-2-10-23(25)24-11-3-5-13-26(24)31/h2-7,10-15H,8-9,16-22H2,1H3,(H,39,44). The van der Waals surface area contributed by atoms with Crippen LogP contribution >= 0.6 is 0 Å². The topological polar surface area (TPSA) is 53.4 Å². The van der Waals surface area contributed by atoms with Crippen LogP contribution in [0.3, 0.4) is 0 Å². The predicted molar refractivity (Wildman–Crippen MR) is 160 cm³/mol. The highest BCUT2D eigenvalue weighted by atomic mass is 19.4. The van der Waals surface area contributed by atoms with E-state index in [0.717, 1.165) is 67.3 Å². The van der Waals surface area contributed by atoms with Gasteiger partial charge in [-0.3, -0.25) is 9.69 Å². The van der Waals surface area contributed by atoms with Gasteiger partial charge < -0.3 is 14.8 Å². The molecule has 0 atom stereocenters. The number of amides is 1. The van der Waals surface area contributed by atoms with Gasteiger partial charge in [0.1, 0.15) is 5.41 Å². The van der Waals surface area contributed by atoms with Gasteiger partial charge in [-0.05, 0) is 53.8 Å². The van der Waals surface area contributed by atoms with Gasteiger partial charge in [0, 0.05) is 33.2 Å². The molecule has 1 aliphatic heterocycles. The van der Waals surface area contributed by atoms with Crippen molar-refractivity contribution in [1.82, 2.24) is 19.8 Å². The third-order valence-electron chi connectivity index (χ3n) is 9.03. The summed E-state index contributed by atoms with van der Waals surface area (Å²) in [7, 11) is 2.02. The van der Waals surface area contributed by atoms with Gasteiger partial charge in [0.2, 0.25) is 11.9 Å². The summed E-state index contributed by atoms with van der Waals surface area (Å²) in [5.74, 6) is -4.94. The van der Waals surface area contributed by atoms with Crippen LogP contribution in [0.4, 0.5) is 27.9 Å². The lowest BCUT2D eigenvalue weighted by molar-refractivity contribution is -0.278. The van der Waals surface area contributed by atoms with E-state index in [-0.39, 0.29) is 6.42 Å². The van der Waals surface area contributed by atoms with Crippen LogP contribution in [0, 0.1) is 0 Å². The highest BCUT2D eigenvalue weighted by Crippen LogP contribution is 2.51. The molecule has 3 aromatic carbocycles. The molecule has 1 aromatic heterocycles. The Labute approximate surface area is 252 Å². The molecular weight excluding hydrogens is 577 g/mol. The van der Waals surface area contributed by atoms with Gasteiger partial charge in [-0.1, -0.05) is 67.1 Å². The summed E-state index contributed by atoms with van der Waals surface area (Å²) in [6.07, 6.45) is -4.15. The fourth-order valence-corrected chi connectivity index (χ4v) is 6.71. The summed E-state index contributed by atoms with van der Waals surface area (Å²) in [6.45, 7) is 2.29. The first-order valence-electron chi connectivity index (χ1n) is 14.8. The van der Waals surface area contributed by atoms with Crippen LogP contribution in [0.25, 0.3) is 22.2 Å². The highest BCUT2D eigenvalue weighted by Gasteiger charge is 2.58. The fourth-order valence-electron chi connectivity index (χ4n) is 6.71. The number of hydrogen-bond acceptors (Lipinski definition) is 4. The van der Waals surface area contributed by atoms with E-state index in [1.165, 1.54) is 0 Å². The van der Waals surface area contributed by atoms with E-state index in [4.69, 9.17) is 4.98 Å². The summed E-state index contributed by atoms with van der Waals surface area (Å²) in [4.78, 5) is 23.2. The Morgan fingerprint density at radius 1 is 0.841 bits per heavy atom. The van der Waals surface area contributed by atoms with Crippen LogP contribution in [0.1, 0.15) is 30.4 Å². The lowest BCUT2D eigenvalue weighted by Gasteiger charge is -2.35. The largest absolute Gasteiger partial charge is 0.455 e. The summed E-state index contributed by atoms with van der Waals surface area (Å²) >= 11 is 0. The molecule has 1 amide bonds. The molecule has 11 heteroatoms. The number of aryl methyl sites for hydroxylation is 1. The highest BCUT2D eigenvalue weighted by molar-refractivity contribution is 6.00. The Morgan fingerprint density at radius 2 is 1.43 bits per heavy atom. The fraction of sp³-hybridized carbons (Fsp3) is 0.394. The Bertz CT molecular complexity index is 1610.